The number of aliphatic hydroxyl groups excluding tert-OH is 1. The molecule has 0 aliphatic carbocycles. The van der Waals surface area contributed by atoms with E-state index in [9.17, 15) is 5.11 Å². The average Bonchev–Trinajstić information content (AvgIpc) is 2.25. The van der Waals surface area contributed by atoms with Crippen molar-refractivity contribution < 1.29 is 5.11 Å². The summed E-state index contributed by atoms with van der Waals surface area (Å²) in [6.07, 6.45) is 1.62. The average molecular weight is 226 g/mol. The standard InChI is InChI=1S/C12H16ClNO/c13-11-3-1-9(2-4-11)7-10-8-14-6-5-12(10)15/h1-4,10,12,14-15H,5-8H2/t10-,12+/m1/s1. The van der Waals surface area contributed by atoms with E-state index in [1.807, 2.05) is 24.3 Å². The Morgan fingerprint density at radius 1 is 1.33 bits per heavy atom. The fourth-order valence-corrected chi connectivity index (χ4v) is 2.17. The maximum absolute atomic E-state index is 9.82. The molecular weight excluding hydrogens is 210 g/mol. The van der Waals surface area contributed by atoms with Crippen LogP contribution in [0, 0.1) is 5.92 Å². The van der Waals surface area contributed by atoms with Gasteiger partial charge in [0.25, 0.3) is 0 Å². The molecule has 1 heterocycles. The molecule has 1 aliphatic heterocycles. The molecule has 1 saturated heterocycles. The van der Waals surface area contributed by atoms with Crippen molar-refractivity contribution in [2.45, 2.75) is 18.9 Å². The molecule has 0 amide bonds. The lowest BCUT2D eigenvalue weighted by Gasteiger charge is -2.28. The Morgan fingerprint density at radius 2 is 2.07 bits per heavy atom. The van der Waals surface area contributed by atoms with Gasteiger partial charge in [-0.3, -0.25) is 0 Å². The number of benzene rings is 1. The van der Waals surface area contributed by atoms with Gasteiger partial charge in [0.1, 0.15) is 0 Å². The molecule has 82 valence electrons. The number of aliphatic hydroxyl groups is 1. The zero-order chi connectivity index (χ0) is 10.7. The number of hydrogen-bond donors (Lipinski definition) is 2. The minimum atomic E-state index is -0.165. The summed E-state index contributed by atoms with van der Waals surface area (Å²) in [6, 6.07) is 7.87. The van der Waals surface area contributed by atoms with E-state index in [1.54, 1.807) is 0 Å². The highest BCUT2D eigenvalue weighted by Crippen LogP contribution is 2.18. The van der Waals surface area contributed by atoms with Crippen molar-refractivity contribution in [2.24, 2.45) is 5.92 Å². The van der Waals surface area contributed by atoms with Crippen molar-refractivity contribution in [3.63, 3.8) is 0 Å². The zero-order valence-corrected chi connectivity index (χ0v) is 9.37. The minimum Gasteiger partial charge on any atom is -0.393 e. The Hall–Kier alpha value is -0.570. The minimum absolute atomic E-state index is 0.165. The lowest BCUT2D eigenvalue weighted by Crippen LogP contribution is -2.40. The molecule has 0 bridgehead atoms. The van der Waals surface area contributed by atoms with Crippen LogP contribution in [0.5, 0.6) is 0 Å². The van der Waals surface area contributed by atoms with Crippen molar-refractivity contribution in [1.82, 2.24) is 5.32 Å². The van der Waals surface area contributed by atoms with Gasteiger partial charge in [0.15, 0.2) is 0 Å². The number of piperidine rings is 1. The molecular formula is C12H16ClNO. The maximum atomic E-state index is 9.82. The second kappa shape index (κ2) is 4.97. The van der Waals surface area contributed by atoms with Crippen LogP contribution < -0.4 is 5.32 Å². The van der Waals surface area contributed by atoms with Gasteiger partial charge in [-0.1, -0.05) is 23.7 Å². The van der Waals surface area contributed by atoms with Crippen molar-refractivity contribution >= 4 is 11.6 Å². The van der Waals surface area contributed by atoms with E-state index in [0.29, 0.717) is 5.92 Å². The molecule has 1 fully saturated rings. The molecule has 1 aliphatic rings. The van der Waals surface area contributed by atoms with Crippen molar-refractivity contribution in [3.05, 3.63) is 34.9 Å². The van der Waals surface area contributed by atoms with E-state index in [0.717, 1.165) is 31.0 Å². The fraction of sp³-hybridized carbons (Fsp3) is 0.500. The Labute approximate surface area is 95.3 Å². The molecule has 2 atom stereocenters. The van der Waals surface area contributed by atoms with Crippen molar-refractivity contribution in [1.29, 1.82) is 0 Å². The van der Waals surface area contributed by atoms with Gasteiger partial charge in [0.2, 0.25) is 0 Å². The van der Waals surface area contributed by atoms with Gasteiger partial charge in [-0.05, 0) is 37.1 Å². The van der Waals surface area contributed by atoms with Crippen molar-refractivity contribution in [2.75, 3.05) is 13.1 Å². The second-order valence-corrected chi connectivity index (χ2v) is 4.59. The summed E-state index contributed by atoms with van der Waals surface area (Å²) in [6.45, 7) is 1.84. The van der Waals surface area contributed by atoms with Gasteiger partial charge in [-0.25, -0.2) is 0 Å². The third-order valence-electron chi connectivity index (χ3n) is 2.98. The number of halogens is 1. The van der Waals surface area contributed by atoms with Crippen LogP contribution >= 0.6 is 11.6 Å². The molecule has 2 N–H and O–H groups in total. The molecule has 1 aromatic rings. The van der Waals surface area contributed by atoms with Gasteiger partial charge in [0.05, 0.1) is 6.10 Å². The molecule has 15 heavy (non-hydrogen) atoms. The SMILES string of the molecule is O[C@H]1CCNC[C@H]1Cc1ccc(Cl)cc1. The quantitative estimate of drug-likeness (QED) is 0.805. The first-order valence-corrected chi connectivity index (χ1v) is 5.77. The smallest absolute Gasteiger partial charge is 0.0595 e. The third-order valence-corrected chi connectivity index (χ3v) is 3.23. The predicted molar refractivity (Wildman–Crippen MR) is 62.1 cm³/mol. The van der Waals surface area contributed by atoms with Gasteiger partial charge in [-0.15, -0.1) is 0 Å². The highest BCUT2D eigenvalue weighted by Gasteiger charge is 2.22. The monoisotopic (exact) mass is 225 g/mol. The highest BCUT2D eigenvalue weighted by atomic mass is 35.5. The number of nitrogens with one attached hydrogen (secondary N) is 1. The van der Waals surface area contributed by atoms with E-state index in [1.165, 1.54) is 5.56 Å². The normalized spacial score (nSPS) is 26.5. The molecule has 0 radical (unpaired) electrons. The summed E-state index contributed by atoms with van der Waals surface area (Å²) in [5.74, 6) is 0.333. The van der Waals surface area contributed by atoms with Gasteiger partial charge < -0.3 is 10.4 Å². The Morgan fingerprint density at radius 3 is 2.73 bits per heavy atom. The predicted octanol–water partition coefficient (Wildman–Crippen LogP) is 1.85. The molecule has 2 rings (SSSR count). The van der Waals surface area contributed by atoms with Crippen LogP contribution in [0.15, 0.2) is 24.3 Å². The van der Waals surface area contributed by atoms with Gasteiger partial charge in [0, 0.05) is 17.5 Å². The van der Waals surface area contributed by atoms with E-state index in [4.69, 9.17) is 11.6 Å². The van der Waals surface area contributed by atoms with Crippen molar-refractivity contribution in [3.8, 4) is 0 Å². The molecule has 2 nitrogen and oxygen atoms in total. The van der Waals surface area contributed by atoms with Crippen LogP contribution in [0.4, 0.5) is 0 Å². The second-order valence-electron chi connectivity index (χ2n) is 4.15. The Kier molecular flexibility index (Phi) is 3.62. The van der Waals surface area contributed by atoms with E-state index < -0.39 is 0 Å². The third kappa shape index (κ3) is 2.94. The van der Waals surface area contributed by atoms with E-state index in [2.05, 4.69) is 5.32 Å². The molecule has 0 aromatic heterocycles. The molecule has 0 unspecified atom stereocenters. The van der Waals surface area contributed by atoms with E-state index in [-0.39, 0.29) is 6.10 Å². The fourth-order valence-electron chi connectivity index (χ4n) is 2.04. The van der Waals surface area contributed by atoms with Crippen LogP contribution in [0.1, 0.15) is 12.0 Å². The lowest BCUT2D eigenvalue weighted by molar-refractivity contribution is 0.0791. The summed E-state index contributed by atoms with van der Waals surface area (Å²) in [5, 5.41) is 13.9. The number of rotatable bonds is 2. The summed E-state index contributed by atoms with van der Waals surface area (Å²) in [7, 11) is 0. The van der Waals surface area contributed by atoms with Crippen LogP contribution in [-0.4, -0.2) is 24.3 Å². The summed E-state index contributed by atoms with van der Waals surface area (Å²) in [5.41, 5.74) is 1.24. The topological polar surface area (TPSA) is 32.3 Å². The lowest BCUT2D eigenvalue weighted by atomic mass is 9.90. The summed E-state index contributed by atoms with van der Waals surface area (Å²) in [4.78, 5) is 0. The first-order valence-electron chi connectivity index (χ1n) is 5.39. The number of hydrogen-bond acceptors (Lipinski definition) is 2. The van der Waals surface area contributed by atoms with Gasteiger partial charge >= 0.3 is 0 Å². The molecule has 3 heteroatoms. The molecule has 0 spiro atoms. The first-order chi connectivity index (χ1) is 7.25. The van der Waals surface area contributed by atoms with Crippen LogP contribution in [0.2, 0.25) is 5.02 Å². The molecule has 1 aromatic carbocycles. The largest absolute Gasteiger partial charge is 0.393 e. The van der Waals surface area contributed by atoms with Crippen LogP contribution in [-0.2, 0) is 6.42 Å². The summed E-state index contributed by atoms with van der Waals surface area (Å²) >= 11 is 5.82. The van der Waals surface area contributed by atoms with Crippen LogP contribution in [0.25, 0.3) is 0 Å². The highest BCUT2D eigenvalue weighted by molar-refractivity contribution is 6.30. The maximum Gasteiger partial charge on any atom is 0.0595 e. The Bertz CT molecular complexity index is 312. The Balaban J connectivity index is 1.98. The van der Waals surface area contributed by atoms with Crippen LogP contribution in [0.3, 0.4) is 0 Å². The summed E-state index contributed by atoms with van der Waals surface area (Å²) < 4.78 is 0. The molecule has 0 saturated carbocycles. The van der Waals surface area contributed by atoms with Gasteiger partial charge in [-0.2, -0.15) is 0 Å². The zero-order valence-electron chi connectivity index (χ0n) is 8.62. The first kappa shape index (κ1) is 10.9. The van der Waals surface area contributed by atoms with E-state index >= 15 is 0 Å².